The van der Waals surface area contributed by atoms with Gasteiger partial charge < -0.3 is 14.4 Å². The van der Waals surface area contributed by atoms with E-state index in [0.29, 0.717) is 0 Å². The van der Waals surface area contributed by atoms with Crippen LogP contribution in [0.5, 0.6) is 0 Å². The van der Waals surface area contributed by atoms with Gasteiger partial charge in [0.2, 0.25) is 0 Å². The second-order valence-corrected chi connectivity index (χ2v) is 9.90. The molecule has 1 saturated heterocycles. The molecule has 0 aromatic rings. The Bertz CT molecular complexity index is 315. The third-order valence-corrected chi connectivity index (χ3v) is 4.70. The Hall–Kier alpha value is -0.120. The van der Waals surface area contributed by atoms with E-state index < -0.39 is 0 Å². The Balaban J connectivity index is 2.55. The number of nitrogens with zero attached hydrogens (tertiary/aromatic N) is 1. The average molecular weight is 328 g/mol. The van der Waals surface area contributed by atoms with Gasteiger partial charge in [0.1, 0.15) is 0 Å². The predicted molar refractivity (Wildman–Crippen MR) is 99.0 cm³/mol. The normalized spacial score (nSPS) is 19.3. The number of ether oxygens (including phenoxy) is 2. The van der Waals surface area contributed by atoms with Gasteiger partial charge in [-0.15, -0.1) is 0 Å². The summed E-state index contributed by atoms with van der Waals surface area (Å²) in [5.41, 5.74) is -0.0724. The molecular weight excluding hydrogens is 286 g/mol. The third kappa shape index (κ3) is 9.69. The fraction of sp³-hybridized carbons (Fsp3) is 1.00. The molecule has 138 valence electrons. The molecule has 0 aromatic carbocycles. The van der Waals surface area contributed by atoms with Crippen LogP contribution in [-0.4, -0.2) is 49.5 Å². The highest BCUT2D eigenvalue weighted by atomic mass is 16.5. The van der Waals surface area contributed by atoms with Crippen molar-refractivity contribution in [1.82, 2.24) is 4.90 Å². The van der Waals surface area contributed by atoms with Gasteiger partial charge in [-0.2, -0.15) is 0 Å². The Labute approximate surface area is 145 Å². The first-order chi connectivity index (χ1) is 10.4. The largest absolute Gasteiger partial charge is 0.375 e. The van der Waals surface area contributed by atoms with Crippen LogP contribution in [0.2, 0.25) is 0 Å². The van der Waals surface area contributed by atoms with Crippen LogP contribution in [-0.2, 0) is 9.47 Å². The van der Waals surface area contributed by atoms with Crippen molar-refractivity contribution in [2.45, 2.75) is 85.4 Å². The van der Waals surface area contributed by atoms with Gasteiger partial charge in [0.25, 0.3) is 0 Å². The maximum absolute atomic E-state index is 6.13. The monoisotopic (exact) mass is 327 g/mol. The molecule has 3 nitrogen and oxygen atoms in total. The summed E-state index contributed by atoms with van der Waals surface area (Å²) in [6.07, 6.45) is 5.17. The summed E-state index contributed by atoms with van der Waals surface area (Å²) < 4.78 is 12.3. The molecule has 0 bridgehead atoms. The van der Waals surface area contributed by atoms with Crippen molar-refractivity contribution >= 4 is 0 Å². The lowest BCUT2D eigenvalue weighted by molar-refractivity contribution is -0.105. The molecule has 1 fully saturated rings. The number of likely N-dealkylation sites (tertiary alicyclic amines) is 1. The molecule has 0 N–H and O–H groups in total. The number of hydrogen-bond donors (Lipinski definition) is 0. The lowest BCUT2D eigenvalue weighted by atomic mass is 9.81. The third-order valence-electron chi connectivity index (χ3n) is 4.70. The van der Waals surface area contributed by atoms with Gasteiger partial charge in [0.15, 0.2) is 0 Å². The van der Waals surface area contributed by atoms with Crippen LogP contribution in [0.4, 0.5) is 0 Å². The zero-order valence-corrected chi connectivity index (χ0v) is 17.0. The van der Waals surface area contributed by atoms with Crippen molar-refractivity contribution in [3.8, 4) is 0 Å². The molecule has 0 saturated carbocycles. The molecule has 23 heavy (non-hydrogen) atoms. The van der Waals surface area contributed by atoms with E-state index in [1.807, 2.05) is 0 Å². The van der Waals surface area contributed by atoms with E-state index >= 15 is 0 Å². The summed E-state index contributed by atoms with van der Waals surface area (Å²) in [5.74, 6) is 0.870. The van der Waals surface area contributed by atoms with Gasteiger partial charge in [-0.25, -0.2) is 0 Å². The van der Waals surface area contributed by atoms with E-state index in [9.17, 15) is 0 Å². The Morgan fingerprint density at radius 2 is 1.26 bits per heavy atom. The highest BCUT2D eigenvalue weighted by Crippen LogP contribution is 2.32. The molecule has 1 rings (SSSR count). The maximum Gasteiger partial charge on any atom is 0.0598 e. The molecule has 0 spiro atoms. The van der Waals surface area contributed by atoms with Gasteiger partial charge in [-0.1, -0.05) is 6.92 Å². The van der Waals surface area contributed by atoms with E-state index in [1.165, 1.54) is 38.8 Å². The molecule has 0 atom stereocenters. The molecule has 0 amide bonds. The summed E-state index contributed by atoms with van der Waals surface area (Å²) in [6, 6.07) is 0. The summed E-state index contributed by atoms with van der Waals surface area (Å²) >= 11 is 0. The van der Waals surface area contributed by atoms with Gasteiger partial charge in [-0.05, 0) is 93.3 Å². The Kier molecular flexibility index (Phi) is 7.56. The van der Waals surface area contributed by atoms with Gasteiger partial charge in [0.05, 0.1) is 24.4 Å². The number of rotatable bonds is 7. The molecule has 1 aliphatic rings. The second kappa shape index (κ2) is 8.31. The maximum atomic E-state index is 6.13. The van der Waals surface area contributed by atoms with Gasteiger partial charge in [0, 0.05) is 5.41 Å². The van der Waals surface area contributed by atoms with Crippen LogP contribution in [0.25, 0.3) is 0 Å². The Morgan fingerprint density at radius 3 is 1.65 bits per heavy atom. The first kappa shape index (κ1) is 20.9. The van der Waals surface area contributed by atoms with Crippen LogP contribution < -0.4 is 0 Å². The summed E-state index contributed by atoms with van der Waals surface area (Å²) in [7, 11) is 2.23. The summed E-state index contributed by atoms with van der Waals surface area (Å²) in [5, 5.41) is 0. The molecule has 3 heteroatoms. The zero-order valence-electron chi connectivity index (χ0n) is 17.0. The van der Waals surface area contributed by atoms with Crippen molar-refractivity contribution in [3.05, 3.63) is 0 Å². The fourth-order valence-corrected chi connectivity index (χ4v) is 2.87. The molecular formula is C20H41NO2. The van der Waals surface area contributed by atoms with Crippen molar-refractivity contribution in [2.24, 2.45) is 11.3 Å². The lowest BCUT2D eigenvalue weighted by Gasteiger charge is -2.37. The predicted octanol–water partition coefficient (Wildman–Crippen LogP) is 4.74. The minimum atomic E-state index is -0.0868. The van der Waals surface area contributed by atoms with Crippen molar-refractivity contribution < 1.29 is 9.47 Å². The standard InChI is InChI=1S/C20H41NO2/c1-18(2,3)22-15-20(7,16-23-19(4,5)6)12-9-17-10-13-21(8)14-11-17/h17H,9-16H2,1-8H3. The van der Waals surface area contributed by atoms with E-state index in [2.05, 4.69) is 60.4 Å². The molecule has 1 heterocycles. The van der Waals surface area contributed by atoms with Crippen molar-refractivity contribution in [3.63, 3.8) is 0 Å². The number of piperidine rings is 1. The highest BCUT2D eigenvalue weighted by molar-refractivity contribution is 4.80. The van der Waals surface area contributed by atoms with E-state index in [1.54, 1.807) is 0 Å². The molecule has 1 aliphatic heterocycles. The highest BCUT2D eigenvalue weighted by Gasteiger charge is 2.31. The van der Waals surface area contributed by atoms with Crippen molar-refractivity contribution in [2.75, 3.05) is 33.4 Å². The van der Waals surface area contributed by atoms with Crippen LogP contribution in [0.15, 0.2) is 0 Å². The molecule has 0 aromatic heterocycles. The minimum Gasteiger partial charge on any atom is -0.375 e. The van der Waals surface area contributed by atoms with Crippen molar-refractivity contribution in [1.29, 1.82) is 0 Å². The minimum absolute atomic E-state index is 0.0868. The summed E-state index contributed by atoms with van der Waals surface area (Å²) in [4.78, 5) is 2.45. The second-order valence-electron chi connectivity index (χ2n) is 9.90. The lowest BCUT2D eigenvalue weighted by Crippen LogP contribution is -2.37. The van der Waals surface area contributed by atoms with Gasteiger partial charge in [-0.3, -0.25) is 0 Å². The van der Waals surface area contributed by atoms with Crippen LogP contribution in [0.3, 0.4) is 0 Å². The van der Waals surface area contributed by atoms with E-state index in [-0.39, 0.29) is 16.6 Å². The van der Waals surface area contributed by atoms with Crippen LogP contribution in [0, 0.1) is 11.3 Å². The van der Waals surface area contributed by atoms with E-state index in [4.69, 9.17) is 9.47 Å². The smallest absolute Gasteiger partial charge is 0.0598 e. The molecule has 0 radical (unpaired) electrons. The van der Waals surface area contributed by atoms with Crippen LogP contribution >= 0.6 is 0 Å². The molecule has 0 unspecified atom stereocenters. The topological polar surface area (TPSA) is 21.7 Å². The van der Waals surface area contributed by atoms with Gasteiger partial charge >= 0.3 is 0 Å². The Morgan fingerprint density at radius 1 is 0.826 bits per heavy atom. The SMILES string of the molecule is CN1CCC(CCC(C)(COC(C)(C)C)COC(C)(C)C)CC1. The first-order valence-corrected chi connectivity index (χ1v) is 9.35. The molecule has 0 aliphatic carbocycles. The summed E-state index contributed by atoms with van der Waals surface area (Å²) in [6.45, 7) is 19.2. The zero-order chi connectivity index (χ0) is 17.7. The quantitative estimate of drug-likeness (QED) is 0.674. The average Bonchev–Trinajstić information content (AvgIpc) is 2.41. The van der Waals surface area contributed by atoms with E-state index in [0.717, 1.165) is 19.1 Å². The van der Waals surface area contributed by atoms with Crippen LogP contribution in [0.1, 0.15) is 74.1 Å². The number of hydrogen-bond acceptors (Lipinski definition) is 3. The first-order valence-electron chi connectivity index (χ1n) is 9.35. The fourth-order valence-electron chi connectivity index (χ4n) is 2.87.